The number of hydrogen-bond acceptors (Lipinski definition) is 8. The van der Waals surface area contributed by atoms with Gasteiger partial charge in [-0.15, -0.1) is 5.11 Å². The minimum atomic E-state index is -0.476. The first-order chi connectivity index (χ1) is 15.6. The van der Waals surface area contributed by atoms with Gasteiger partial charge in [0.1, 0.15) is 12.4 Å². The van der Waals surface area contributed by atoms with Crippen molar-refractivity contribution in [3.05, 3.63) is 84.2 Å². The summed E-state index contributed by atoms with van der Waals surface area (Å²) in [6, 6.07) is 15.5. The van der Waals surface area contributed by atoms with Crippen LogP contribution in [0.25, 0.3) is 22.4 Å². The van der Waals surface area contributed by atoms with Gasteiger partial charge in [0.2, 0.25) is 0 Å². The van der Waals surface area contributed by atoms with Crippen LogP contribution in [-0.4, -0.2) is 15.0 Å². The van der Waals surface area contributed by atoms with E-state index in [9.17, 15) is 9.65 Å². The first-order valence-electron chi connectivity index (χ1n) is 9.55. The molecule has 1 aromatic carbocycles. The molecule has 0 saturated carbocycles. The van der Waals surface area contributed by atoms with E-state index in [1.807, 2.05) is 6.07 Å². The molecular formula is C23H17FN8. The quantitative estimate of drug-likeness (QED) is 0.446. The number of hydrogen-bond donors (Lipinski definition) is 2. The number of nitrogens with zero attached hydrogens (tertiary/aromatic N) is 6. The van der Waals surface area contributed by atoms with Crippen LogP contribution in [0.1, 0.15) is 11.3 Å². The van der Waals surface area contributed by atoms with Gasteiger partial charge in [0, 0.05) is 29.7 Å². The fourth-order valence-electron chi connectivity index (χ4n) is 3.18. The lowest BCUT2D eigenvalue weighted by Gasteiger charge is -2.15. The summed E-state index contributed by atoms with van der Waals surface area (Å²) in [4.78, 5) is 12.5. The normalized spacial score (nSPS) is 10.9. The van der Waals surface area contributed by atoms with Crippen LogP contribution in [0.2, 0.25) is 0 Å². The second-order valence-electron chi connectivity index (χ2n) is 6.74. The van der Waals surface area contributed by atoms with Crippen LogP contribution in [-0.2, 0) is 6.54 Å². The predicted octanol–water partition coefficient (Wildman–Crippen LogP) is 4.66. The molecule has 3 heterocycles. The molecule has 0 saturated heterocycles. The van der Waals surface area contributed by atoms with Crippen molar-refractivity contribution in [3.63, 3.8) is 0 Å². The van der Waals surface area contributed by atoms with Gasteiger partial charge in [0.05, 0.1) is 28.7 Å². The molecule has 32 heavy (non-hydrogen) atoms. The molecule has 0 unspecified atom stereocenters. The average molecular weight is 424 g/mol. The number of pyridine rings is 3. The lowest BCUT2D eigenvalue weighted by atomic mass is 9.96. The summed E-state index contributed by atoms with van der Waals surface area (Å²) in [6.45, 7) is -0.0812. The number of rotatable bonds is 5. The number of nitrogens with two attached hydrogens (primary N) is 2. The summed E-state index contributed by atoms with van der Waals surface area (Å²) in [5.41, 5.74) is 16.2. The zero-order valence-corrected chi connectivity index (χ0v) is 16.8. The maximum Gasteiger partial charge on any atom is 0.154 e. The van der Waals surface area contributed by atoms with Gasteiger partial charge in [0.25, 0.3) is 0 Å². The number of nitrogen functional groups attached to an aromatic ring is 2. The monoisotopic (exact) mass is 424 g/mol. The smallest absolute Gasteiger partial charge is 0.154 e. The van der Waals surface area contributed by atoms with Crippen LogP contribution in [0, 0.1) is 17.1 Å². The van der Waals surface area contributed by atoms with Crippen LogP contribution in [0.15, 0.2) is 77.3 Å². The van der Waals surface area contributed by atoms with E-state index in [4.69, 9.17) is 11.5 Å². The van der Waals surface area contributed by atoms with Gasteiger partial charge in [0.15, 0.2) is 11.5 Å². The van der Waals surface area contributed by atoms with E-state index < -0.39 is 5.82 Å². The van der Waals surface area contributed by atoms with Crippen molar-refractivity contribution < 1.29 is 4.39 Å². The van der Waals surface area contributed by atoms with E-state index in [-0.39, 0.29) is 29.4 Å². The second-order valence-corrected chi connectivity index (χ2v) is 6.74. The molecule has 8 nitrogen and oxygen atoms in total. The Morgan fingerprint density at radius 2 is 1.81 bits per heavy atom. The maximum absolute atomic E-state index is 13.8. The molecule has 4 N–H and O–H groups in total. The number of anilines is 2. The first-order valence-corrected chi connectivity index (χ1v) is 9.55. The fourth-order valence-corrected chi connectivity index (χ4v) is 3.18. The topological polar surface area (TPSA) is 139 Å². The molecule has 0 radical (unpaired) electrons. The molecular weight excluding hydrogens is 407 g/mol. The summed E-state index contributed by atoms with van der Waals surface area (Å²) >= 11 is 0. The third kappa shape index (κ3) is 4.11. The Labute approximate surface area is 183 Å². The molecule has 0 aliphatic carbocycles. The lowest BCUT2D eigenvalue weighted by Crippen LogP contribution is -2.02. The zero-order chi connectivity index (χ0) is 22.5. The molecule has 0 atom stereocenters. The standard InChI is InChI=1S/C23H17FN8/c24-17-5-2-8-29-18(17)13-30-32-22-20(26)19(15-6-9-28-10-7-15)21(31-23(22)27)16-4-1-3-14(11-16)12-25/h1-11H,13H2,(H4,26,27,31). The van der Waals surface area contributed by atoms with Crippen LogP contribution in [0.4, 0.5) is 21.6 Å². The molecule has 0 amide bonds. The van der Waals surface area contributed by atoms with Crippen molar-refractivity contribution >= 4 is 17.2 Å². The summed E-state index contributed by atoms with van der Waals surface area (Å²) < 4.78 is 13.8. The molecule has 4 rings (SSSR count). The van der Waals surface area contributed by atoms with Crippen molar-refractivity contribution in [3.8, 4) is 28.5 Å². The molecule has 3 aromatic heterocycles. The largest absolute Gasteiger partial charge is 0.396 e. The summed E-state index contributed by atoms with van der Waals surface area (Å²) in [7, 11) is 0. The lowest BCUT2D eigenvalue weighted by molar-refractivity contribution is 0.598. The predicted molar refractivity (Wildman–Crippen MR) is 119 cm³/mol. The molecule has 9 heteroatoms. The van der Waals surface area contributed by atoms with Gasteiger partial charge >= 0.3 is 0 Å². The van der Waals surface area contributed by atoms with Crippen molar-refractivity contribution in [2.75, 3.05) is 11.5 Å². The fraction of sp³-hybridized carbons (Fsp3) is 0.0435. The number of aromatic nitrogens is 3. The Balaban J connectivity index is 1.84. The highest BCUT2D eigenvalue weighted by molar-refractivity contribution is 5.96. The Hall–Kier alpha value is -4.71. The van der Waals surface area contributed by atoms with Crippen molar-refractivity contribution in [1.82, 2.24) is 15.0 Å². The Bertz CT molecular complexity index is 1350. The Morgan fingerprint density at radius 1 is 1.00 bits per heavy atom. The summed E-state index contributed by atoms with van der Waals surface area (Å²) in [5, 5.41) is 17.4. The molecule has 4 aromatic rings. The van der Waals surface area contributed by atoms with Crippen LogP contribution >= 0.6 is 0 Å². The van der Waals surface area contributed by atoms with E-state index in [0.29, 0.717) is 22.4 Å². The number of azo groups is 1. The Morgan fingerprint density at radius 3 is 2.56 bits per heavy atom. The van der Waals surface area contributed by atoms with Crippen molar-refractivity contribution in [1.29, 1.82) is 5.26 Å². The molecule has 0 spiro atoms. The van der Waals surface area contributed by atoms with Gasteiger partial charge in [-0.2, -0.15) is 10.4 Å². The van der Waals surface area contributed by atoms with Crippen molar-refractivity contribution in [2.24, 2.45) is 10.2 Å². The first kappa shape index (κ1) is 20.6. The van der Waals surface area contributed by atoms with E-state index >= 15 is 0 Å². The van der Waals surface area contributed by atoms with Crippen LogP contribution in [0.5, 0.6) is 0 Å². The molecule has 0 fully saturated rings. The van der Waals surface area contributed by atoms with E-state index in [1.165, 1.54) is 18.3 Å². The van der Waals surface area contributed by atoms with E-state index in [0.717, 1.165) is 5.56 Å². The average Bonchev–Trinajstić information content (AvgIpc) is 2.82. The van der Waals surface area contributed by atoms with Gasteiger partial charge < -0.3 is 11.5 Å². The number of benzene rings is 1. The SMILES string of the molecule is N#Cc1cccc(-c2nc(N)c(N=NCc3ncccc3F)c(N)c2-c2ccncc2)c1. The third-order valence-electron chi connectivity index (χ3n) is 4.70. The number of nitriles is 1. The maximum atomic E-state index is 13.8. The highest BCUT2D eigenvalue weighted by atomic mass is 19.1. The van der Waals surface area contributed by atoms with Gasteiger partial charge in [-0.1, -0.05) is 12.1 Å². The highest BCUT2D eigenvalue weighted by Crippen LogP contribution is 2.43. The van der Waals surface area contributed by atoms with Crippen molar-refractivity contribution in [2.45, 2.75) is 6.54 Å². The van der Waals surface area contributed by atoms with Crippen LogP contribution in [0.3, 0.4) is 0 Å². The molecule has 0 aliphatic heterocycles. The zero-order valence-electron chi connectivity index (χ0n) is 16.8. The van der Waals surface area contributed by atoms with Gasteiger partial charge in [-0.25, -0.2) is 9.37 Å². The molecule has 0 bridgehead atoms. The third-order valence-corrected chi connectivity index (χ3v) is 4.70. The van der Waals surface area contributed by atoms with E-state index in [1.54, 1.807) is 42.7 Å². The Kier molecular flexibility index (Phi) is 5.76. The summed E-state index contributed by atoms with van der Waals surface area (Å²) in [6.07, 6.45) is 4.74. The van der Waals surface area contributed by atoms with Gasteiger partial charge in [-0.3, -0.25) is 9.97 Å². The molecule has 156 valence electrons. The van der Waals surface area contributed by atoms with E-state index in [2.05, 4.69) is 31.2 Å². The minimum absolute atomic E-state index is 0.0582. The number of halogens is 1. The molecule has 0 aliphatic rings. The van der Waals surface area contributed by atoms with Gasteiger partial charge in [-0.05, 0) is 42.0 Å². The minimum Gasteiger partial charge on any atom is -0.396 e. The van der Waals surface area contributed by atoms with Crippen LogP contribution < -0.4 is 11.5 Å². The summed E-state index contributed by atoms with van der Waals surface area (Å²) in [5.74, 6) is -0.418. The second kappa shape index (κ2) is 8.97. The highest BCUT2D eigenvalue weighted by Gasteiger charge is 2.19.